The summed E-state index contributed by atoms with van der Waals surface area (Å²) in [4.78, 5) is 16.3. The molecule has 1 amide bonds. The quantitative estimate of drug-likeness (QED) is 0.663. The molecule has 6 nitrogen and oxygen atoms in total. The lowest BCUT2D eigenvalue weighted by atomic mass is 10.2. The summed E-state index contributed by atoms with van der Waals surface area (Å²) in [5.74, 6) is 0.353. The van der Waals surface area contributed by atoms with Gasteiger partial charge in [0.25, 0.3) is 5.91 Å². The van der Waals surface area contributed by atoms with E-state index < -0.39 is 0 Å². The molecule has 1 aromatic carbocycles. The lowest BCUT2D eigenvalue weighted by Crippen LogP contribution is -2.17. The van der Waals surface area contributed by atoms with Crippen molar-refractivity contribution in [3.05, 3.63) is 40.4 Å². The Kier molecular flexibility index (Phi) is 4.31. The van der Waals surface area contributed by atoms with E-state index in [1.54, 1.807) is 14.0 Å². The Bertz CT molecular complexity index is 652. The van der Waals surface area contributed by atoms with Gasteiger partial charge in [-0.25, -0.2) is 10.4 Å². The van der Waals surface area contributed by atoms with E-state index in [0.29, 0.717) is 21.5 Å². The zero-order chi connectivity index (χ0) is 14.5. The van der Waals surface area contributed by atoms with E-state index in [0.717, 1.165) is 16.9 Å². The number of ether oxygens (including phenoxy) is 1. The highest BCUT2D eigenvalue weighted by Gasteiger charge is 2.13. The third kappa shape index (κ3) is 3.12. The van der Waals surface area contributed by atoms with Gasteiger partial charge >= 0.3 is 0 Å². The summed E-state index contributed by atoms with van der Waals surface area (Å²) >= 11 is 1.13. The molecular formula is C13H14N4O2S. The number of rotatable bonds is 4. The van der Waals surface area contributed by atoms with Crippen LogP contribution >= 0.6 is 11.3 Å². The molecule has 0 aliphatic rings. The highest BCUT2D eigenvalue weighted by atomic mass is 32.1. The van der Waals surface area contributed by atoms with Crippen LogP contribution < -0.4 is 15.9 Å². The molecule has 0 radical (unpaired) electrons. The number of nitrogens with zero attached hydrogens (tertiary/aromatic N) is 2. The maximum absolute atomic E-state index is 11.9. The molecule has 2 rings (SSSR count). The van der Waals surface area contributed by atoms with Crippen LogP contribution in [0.5, 0.6) is 5.75 Å². The number of hydrogen-bond acceptors (Lipinski definition) is 6. The van der Waals surface area contributed by atoms with Crippen molar-refractivity contribution in [1.82, 2.24) is 10.4 Å². The fourth-order valence-corrected chi connectivity index (χ4v) is 2.34. The zero-order valence-corrected chi connectivity index (χ0v) is 11.9. The lowest BCUT2D eigenvalue weighted by molar-refractivity contribution is 0.0958. The van der Waals surface area contributed by atoms with Gasteiger partial charge in [-0.15, -0.1) is 0 Å². The number of nitrogen functional groups attached to an aromatic ring is 1. The molecule has 0 saturated carbocycles. The second-order valence-electron chi connectivity index (χ2n) is 3.91. The van der Waals surface area contributed by atoms with Gasteiger partial charge in [0.15, 0.2) is 5.13 Å². The van der Waals surface area contributed by atoms with Gasteiger partial charge < -0.3 is 10.5 Å². The number of benzene rings is 1. The Morgan fingerprint density at radius 2 is 2.25 bits per heavy atom. The van der Waals surface area contributed by atoms with E-state index in [4.69, 9.17) is 10.5 Å². The highest BCUT2D eigenvalue weighted by Crippen LogP contribution is 2.19. The number of anilines is 1. The first-order valence-corrected chi connectivity index (χ1v) is 6.62. The normalized spacial score (nSPS) is 10.7. The number of hydrazone groups is 1. The number of aromatic nitrogens is 1. The fourth-order valence-electron chi connectivity index (χ4n) is 1.61. The van der Waals surface area contributed by atoms with Crippen molar-refractivity contribution in [1.29, 1.82) is 0 Å². The van der Waals surface area contributed by atoms with Gasteiger partial charge in [-0.05, 0) is 19.1 Å². The zero-order valence-electron chi connectivity index (χ0n) is 11.1. The maximum atomic E-state index is 11.9. The second-order valence-corrected chi connectivity index (χ2v) is 4.94. The van der Waals surface area contributed by atoms with Crippen molar-refractivity contribution in [3.8, 4) is 5.75 Å². The summed E-state index contributed by atoms with van der Waals surface area (Å²) in [5.41, 5.74) is 9.36. The van der Waals surface area contributed by atoms with Crippen molar-refractivity contribution < 1.29 is 9.53 Å². The largest absolute Gasteiger partial charge is 0.496 e. The number of nitrogens with one attached hydrogen (secondary N) is 1. The topological polar surface area (TPSA) is 89.6 Å². The van der Waals surface area contributed by atoms with E-state index in [2.05, 4.69) is 15.5 Å². The van der Waals surface area contributed by atoms with Gasteiger partial charge in [-0.3, -0.25) is 4.79 Å². The van der Waals surface area contributed by atoms with Crippen molar-refractivity contribution in [2.75, 3.05) is 12.8 Å². The van der Waals surface area contributed by atoms with E-state index >= 15 is 0 Å². The maximum Gasteiger partial charge on any atom is 0.283 e. The molecule has 20 heavy (non-hydrogen) atoms. The van der Waals surface area contributed by atoms with Crippen molar-refractivity contribution in [2.24, 2.45) is 5.10 Å². The highest BCUT2D eigenvalue weighted by molar-refractivity contribution is 7.17. The standard InChI is InChI=1S/C13H14N4O2S/c1-8-11(20-13(14)16-8)12(18)17-15-7-9-5-3-4-6-10(9)19-2/h3-7H,1-2H3,(H2,14,16)(H,17,18)/b15-7+. The summed E-state index contributed by atoms with van der Waals surface area (Å²) in [6, 6.07) is 7.37. The third-order valence-corrected chi connectivity index (χ3v) is 3.51. The van der Waals surface area contributed by atoms with Crippen LogP contribution in [0.4, 0.5) is 5.13 Å². The Balaban J connectivity index is 2.06. The predicted octanol–water partition coefficient (Wildman–Crippen LogP) is 1.81. The van der Waals surface area contributed by atoms with E-state index in [1.807, 2.05) is 24.3 Å². The molecule has 104 valence electrons. The molecule has 0 bridgehead atoms. The minimum absolute atomic E-state index is 0.331. The number of carbonyl (C=O) groups excluding carboxylic acids is 1. The number of thiazole rings is 1. The molecule has 0 aliphatic carbocycles. The van der Waals surface area contributed by atoms with Crippen LogP contribution in [0.1, 0.15) is 20.9 Å². The Hall–Kier alpha value is -2.41. The Morgan fingerprint density at radius 1 is 1.50 bits per heavy atom. The molecule has 2 aromatic rings. The van der Waals surface area contributed by atoms with Crippen LogP contribution in [0.15, 0.2) is 29.4 Å². The van der Waals surface area contributed by atoms with Gasteiger partial charge in [0.2, 0.25) is 0 Å². The van der Waals surface area contributed by atoms with E-state index in [9.17, 15) is 4.79 Å². The minimum Gasteiger partial charge on any atom is -0.496 e. The molecule has 0 spiro atoms. The van der Waals surface area contributed by atoms with Gasteiger partial charge in [0.1, 0.15) is 10.6 Å². The Morgan fingerprint density at radius 3 is 2.90 bits per heavy atom. The van der Waals surface area contributed by atoms with Gasteiger partial charge in [-0.1, -0.05) is 23.5 Å². The smallest absolute Gasteiger partial charge is 0.283 e. The molecule has 0 unspecified atom stereocenters. The van der Waals surface area contributed by atoms with Crippen molar-refractivity contribution in [2.45, 2.75) is 6.92 Å². The number of para-hydroxylation sites is 1. The first kappa shape index (κ1) is 14.0. The van der Waals surface area contributed by atoms with Crippen LogP contribution in [0, 0.1) is 6.92 Å². The molecule has 3 N–H and O–H groups in total. The van der Waals surface area contributed by atoms with Crippen molar-refractivity contribution in [3.63, 3.8) is 0 Å². The van der Waals surface area contributed by atoms with Gasteiger partial charge in [0.05, 0.1) is 19.0 Å². The molecule has 0 saturated heterocycles. The monoisotopic (exact) mass is 290 g/mol. The van der Waals surface area contributed by atoms with Crippen LogP contribution in [-0.2, 0) is 0 Å². The summed E-state index contributed by atoms with van der Waals surface area (Å²) < 4.78 is 5.18. The molecule has 1 heterocycles. The Labute approximate surface area is 120 Å². The molecular weight excluding hydrogens is 276 g/mol. The van der Waals surface area contributed by atoms with E-state index in [1.165, 1.54) is 6.21 Å². The third-order valence-electron chi connectivity index (χ3n) is 2.53. The van der Waals surface area contributed by atoms with Gasteiger partial charge in [0, 0.05) is 5.56 Å². The number of aryl methyl sites for hydroxylation is 1. The average molecular weight is 290 g/mol. The molecule has 0 aliphatic heterocycles. The first-order chi connectivity index (χ1) is 9.61. The first-order valence-electron chi connectivity index (χ1n) is 5.81. The molecule has 0 atom stereocenters. The lowest BCUT2D eigenvalue weighted by Gasteiger charge is -2.02. The van der Waals surface area contributed by atoms with E-state index in [-0.39, 0.29) is 5.91 Å². The summed E-state index contributed by atoms with van der Waals surface area (Å²) in [5, 5.41) is 4.27. The summed E-state index contributed by atoms with van der Waals surface area (Å²) in [6.45, 7) is 1.73. The predicted molar refractivity (Wildman–Crippen MR) is 79.3 cm³/mol. The number of nitrogens with two attached hydrogens (primary N) is 1. The van der Waals surface area contributed by atoms with Gasteiger partial charge in [-0.2, -0.15) is 5.10 Å². The van der Waals surface area contributed by atoms with Crippen LogP contribution in [0.2, 0.25) is 0 Å². The molecule has 0 fully saturated rings. The molecule has 1 aromatic heterocycles. The number of carbonyl (C=O) groups is 1. The van der Waals surface area contributed by atoms with Crippen molar-refractivity contribution >= 4 is 28.6 Å². The average Bonchev–Trinajstić information content (AvgIpc) is 2.78. The number of methoxy groups -OCH3 is 1. The number of amides is 1. The van der Waals surface area contributed by atoms with Crippen LogP contribution in [-0.4, -0.2) is 24.2 Å². The second kappa shape index (κ2) is 6.16. The minimum atomic E-state index is -0.331. The fraction of sp³-hybridized carbons (Fsp3) is 0.154. The number of hydrogen-bond donors (Lipinski definition) is 2. The van der Waals surface area contributed by atoms with Crippen LogP contribution in [0.25, 0.3) is 0 Å². The SMILES string of the molecule is COc1ccccc1/C=N/NC(=O)c1sc(N)nc1C. The molecule has 7 heteroatoms. The van der Waals surface area contributed by atoms with Crippen LogP contribution in [0.3, 0.4) is 0 Å². The summed E-state index contributed by atoms with van der Waals surface area (Å²) in [7, 11) is 1.58. The summed E-state index contributed by atoms with van der Waals surface area (Å²) in [6.07, 6.45) is 1.52.